The number of halogens is 1. The molecule has 0 unspecified atom stereocenters. The molecule has 1 aromatic carbocycles. The van der Waals surface area contributed by atoms with Gasteiger partial charge in [0, 0.05) is 44.4 Å². The summed E-state index contributed by atoms with van der Waals surface area (Å²) >= 11 is 0. The summed E-state index contributed by atoms with van der Waals surface area (Å²) in [7, 11) is 1.57. The summed E-state index contributed by atoms with van der Waals surface area (Å²) in [5, 5.41) is 6.04. The number of aromatic amines is 1. The molecule has 3 aromatic heterocycles. The van der Waals surface area contributed by atoms with Crippen molar-refractivity contribution < 1.29 is 23.4 Å². The van der Waals surface area contributed by atoms with E-state index in [2.05, 4.69) is 30.6 Å². The molecule has 1 aliphatic heterocycles. The van der Waals surface area contributed by atoms with E-state index in [1.165, 1.54) is 12.1 Å². The van der Waals surface area contributed by atoms with E-state index in [0.717, 1.165) is 5.56 Å². The first-order valence-corrected chi connectivity index (χ1v) is 12.8. The number of carbonyl (C=O) groups excluding carboxylic acids is 1. The van der Waals surface area contributed by atoms with Crippen molar-refractivity contribution in [1.82, 2.24) is 30.2 Å². The molecule has 40 heavy (non-hydrogen) atoms. The fourth-order valence-electron chi connectivity index (χ4n) is 4.15. The van der Waals surface area contributed by atoms with Crippen LogP contribution in [0.25, 0.3) is 22.6 Å². The normalized spacial score (nSPS) is 18.8. The van der Waals surface area contributed by atoms with Crippen molar-refractivity contribution in [2.24, 2.45) is 5.41 Å². The molecule has 5 rings (SSSR count). The molecule has 4 heterocycles. The van der Waals surface area contributed by atoms with Gasteiger partial charge in [0.2, 0.25) is 18.1 Å². The Morgan fingerprint density at radius 1 is 1.15 bits per heavy atom. The number of ether oxygens (including phenoxy) is 3. The monoisotopic (exact) mass is 547 g/mol. The molecule has 0 atom stereocenters. The summed E-state index contributed by atoms with van der Waals surface area (Å²) in [4.78, 5) is 33.8. The van der Waals surface area contributed by atoms with E-state index in [1.807, 2.05) is 12.1 Å². The molecule has 11 nitrogen and oxygen atoms in total. The maximum absolute atomic E-state index is 13.7. The van der Waals surface area contributed by atoms with Gasteiger partial charge in [-0.05, 0) is 48.9 Å². The molecule has 1 amide bonds. The first kappa shape index (κ1) is 27.3. The zero-order chi connectivity index (χ0) is 28.0. The number of imidazole rings is 1. The number of aromatic nitrogens is 5. The minimum atomic E-state index is -0.860. The number of pyridine rings is 1. The number of hydrogen-bond donors (Lipinski definition) is 3. The van der Waals surface area contributed by atoms with E-state index >= 15 is 0 Å². The highest BCUT2D eigenvalue weighted by Crippen LogP contribution is 2.35. The van der Waals surface area contributed by atoms with Crippen molar-refractivity contribution >= 4 is 11.9 Å². The van der Waals surface area contributed by atoms with Gasteiger partial charge in [-0.2, -0.15) is 0 Å². The second-order valence-electron chi connectivity index (χ2n) is 9.60. The van der Waals surface area contributed by atoms with E-state index in [0.29, 0.717) is 54.1 Å². The van der Waals surface area contributed by atoms with E-state index in [1.54, 1.807) is 50.8 Å². The molecular formula is C28H30FN7O4. The van der Waals surface area contributed by atoms with Crippen molar-refractivity contribution in [3.8, 4) is 22.6 Å². The van der Waals surface area contributed by atoms with E-state index in [4.69, 9.17) is 19.2 Å². The first-order valence-electron chi connectivity index (χ1n) is 12.8. The summed E-state index contributed by atoms with van der Waals surface area (Å²) < 4.78 is 30.6. The number of carbonyl (C=O) groups is 1. The van der Waals surface area contributed by atoms with Crippen molar-refractivity contribution in [2.75, 3.05) is 38.8 Å². The lowest BCUT2D eigenvalue weighted by Gasteiger charge is -2.35. The lowest BCUT2D eigenvalue weighted by atomic mass is 9.91. The van der Waals surface area contributed by atoms with E-state index in [9.17, 15) is 9.18 Å². The number of nitrogens with zero attached hydrogens (tertiary/aromatic N) is 4. The van der Waals surface area contributed by atoms with Crippen molar-refractivity contribution in [2.45, 2.75) is 19.8 Å². The zero-order valence-electron chi connectivity index (χ0n) is 22.2. The van der Waals surface area contributed by atoms with E-state index < -0.39 is 11.7 Å². The fraction of sp³-hybridized carbons (Fsp3) is 0.321. The maximum atomic E-state index is 13.7. The summed E-state index contributed by atoms with van der Waals surface area (Å²) in [6.45, 7) is 3.36. The van der Waals surface area contributed by atoms with Crippen LogP contribution in [0.3, 0.4) is 0 Å². The Bertz CT molecular complexity index is 1420. The first-order chi connectivity index (χ1) is 19.4. The summed E-state index contributed by atoms with van der Waals surface area (Å²) in [5.74, 6) is 0.289. The molecule has 208 valence electrons. The molecule has 0 saturated carbocycles. The Balaban J connectivity index is 1.38. The molecule has 4 aromatic rings. The van der Waals surface area contributed by atoms with Crippen LogP contribution in [0.1, 0.15) is 24.6 Å². The van der Waals surface area contributed by atoms with Gasteiger partial charge in [0.15, 0.2) is 5.82 Å². The van der Waals surface area contributed by atoms with Gasteiger partial charge in [-0.3, -0.25) is 9.78 Å². The quantitative estimate of drug-likeness (QED) is 0.255. The third-order valence-corrected chi connectivity index (χ3v) is 6.39. The van der Waals surface area contributed by atoms with Gasteiger partial charge in [-0.1, -0.05) is 6.07 Å². The van der Waals surface area contributed by atoms with Crippen molar-refractivity contribution in [1.29, 1.82) is 0 Å². The summed E-state index contributed by atoms with van der Waals surface area (Å²) in [6, 6.07) is 11.6. The molecule has 0 spiro atoms. The fourth-order valence-corrected chi connectivity index (χ4v) is 4.15. The standard InChI is InChI=1S/C28H30FN7O4/c1-28(26(37)31-12-13-38-2)16-39-25(40-17-28)24-35-22(19-5-7-20(29)8-6-19)23(36-24)21-9-11-32-27(34-21)33-15-18-4-3-10-30-14-18/h3-11,14,25H,12-13,15-17H2,1-2H3,(H,31,37)(H,35,36)(H,32,33,34). The minimum Gasteiger partial charge on any atom is -0.383 e. The molecular weight excluding hydrogens is 517 g/mol. The van der Waals surface area contributed by atoms with Gasteiger partial charge in [0.25, 0.3) is 0 Å². The van der Waals surface area contributed by atoms with Crippen LogP contribution in [-0.2, 0) is 25.5 Å². The highest BCUT2D eigenvalue weighted by Gasteiger charge is 2.40. The van der Waals surface area contributed by atoms with Crippen LogP contribution >= 0.6 is 0 Å². The van der Waals surface area contributed by atoms with Crippen LogP contribution in [0, 0.1) is 11.2 Å². The number of hydrogen-bond acceptors (Lipinski definition) is 9. The van der Waals surface area contributed by atoms with Crippen LogP contribution in [0.4, 0.5) is 10.3 Å². The van der Waals surface area contributed by atoms with Gasteiger partial charge in [-0.15, -0.1) is 0 Å². The predicted octanol–water partition coefficient (Wildman–Crippen LogP) is 3.49. The molecule has 1 saturated heterocycles. The van der Waals surface area contributed by atoms with Crippen molar-refractivity contribution in [3.63, 3.8) is 0 Å². The highest BCUT2D eigenvalue weighted by atomic mass is 19.1. The van der Waals surface area contributed by atoms with Crippen molar-refractivity contribution in [3.05, 3.63) is 78.3 Å². The van der Waals surface area contributed by atoms with Gasteiger partial charge >= 0.3 is 0 Å². The Kier molecular flexibility index (Phi) is 8.39. The summed E-state index contributed by atoms with van der Waals surface area (Å²) in [5.41, 5.74) is 2.51. The Morgan fingerprint density at radius 2 is 1.95 bits per heavy atom. The highest BCUT2D eigenvalue weighted by molar-refractivity contribution is 5.82. The second-order valence-corrected chi connectivity index (χ2v) is 9.60. The molecule has 0 radical (unpaired) electrons. The summed E-state index contributed by atoms with van der Waals surface area (Å²) in [6.07, 6.45) is 4.29. The molecule has 0 aliphatic carbocycles. The average molecular weight is 548 g/mol. The predicted molar refractivity (Wildman–Crippen MR) is 144 cm³/mol. The lowest BCUT2D eigenvalue weighted by Crippen LogP contribution is -2.49. The van der Waals surface area contributed by atoms with Crippen LogP contribution in [0.2, 0.25) is 0 Å². The SMILES string of the molecule is COCCNC(=O)C1(C)COC(c2nc(-c3ccc(F)cc3)c(-c3ccnc(NCc4cccnc4)n3)[nH]2)OC1. The number of nitrogens with one attached hydrogen (secondary N) is 3. The Morgan fingerprint density at radius 3 is 2.67 bits per heavy atom. The lowest BCUT2D eigenvalue weighted by molar-refractivity contribution is -0.231. The molecule has 0 bridgehead atoms. The van der Waals surface area contributed by atoms with Gasteiger partial charge in [-0.25, -0.2) is 19.3 Å². The van der Waals surface area contributed by atoms with Crippen LogP contribution in [0.5, 0.6) is 0 Å². The number of methoxy groups -OCH3 is 1. The number of amides is 1. The number of benzene rings is 1. The van der Waals surface area contributed by atoms with Gasteiger partial charge < -0.3 is 29.8 Å². The smallest absolute Gasteiger partial charge is 0.230 e. The third kappa shape index (κ3) is 6.30. The largest absolute Gasteiger partial charge is 0.383 e. The maximum Gasteiger partial charge on any atom is 0.230 e. The Labute approximate surface area is 230 Å². The van der Waals surface area contributed by atoms with Crippen LogP contribution in [0.15, 0.2) is 61.1 Å². The Hall–Kier alpha value is -4.26. The van der Waals surface area contributed by atoms with Crippen LogP contribution in [-0.4, -0.2) is 64.3 Å². The number of anilines is 1. The van der Waals surface area contributed by atoms with Gasteiger partial charge in [0.05, 0.1) is 42.3 Å². The third-order valence-electron chi connectivity index (χ3n) is 6.39. The molecule has 3 N–H and O–H groups in total. The van der Waals surface area contributed by atoms with Gasteiger partial charge in [0.1, 0.15) is 5.82 Å². The average Bonchev–Trinajstić information content (AvgIpc) is 3.43. The zero-order valence-corrected chi connectivity index (χ0v) is 22.2. The minimum absolute atomic E-state index is 0.133. The van der Waals surface area contributed by atoms with E-state index in [-0.39, 0.29) is 24.9 Å². The molecule has 12 heteroatoms. The second kappa shape index (κ2) is 12.3. The van der Waals surface area contributed by atoms with Crippen LogP contribution < -0.4 is 10.6 Å². The number of H-pyrrole nitrogens is 1. The topological polar surface area (TPSA) is 136 Å². The molecule has 1 aliphatic rings. The number of rotatable bonds is 10. The molecule has 1 fully saturated rings.